The highest BCUT2D eigenvalue weighted by atomic mass is 16.5. The number of hydrogen-bond donors (Lipinski definition) is 2. The maximum atomic E-state index is 13.0. The summed E-state index contributed by atoms with van der Waals surface area (Å²) in [5, 5.41) is 12.4. The minimum Gasteiger partial charge on any atom is -0.479 e. The molecule has 1 saturated carbocycles. The molecular weight excluding hydrogens is 432 g/mol. The number of carboxylic acids is 1. The second-order valence-corrected chi connectivity index (χ2v) is 9.94. The smallest absolute Gasteiger partial charge is 0.407 e. The van der Waals surface area contributed by atoms with Crippen molar-refractivity contribution in [2.45, 2.75) is 51.0 Å². The average molecular weight is 465 g/mol. The molecule has 2 amide bonds. The molecule has 7 heteroatoms. The van der Waals surface area contributed by atoms with Gasteiger partial charge in [0.05, 0.1) is 0 Å². The number of rotatable bonds is 8. The van der Waals surface area contributed by atoms with Crippen LogP contribution in [-0.2, 0) is 14.3 Å². The molecule has 0 saturated heterocycles. The summed E-state index contributed by atoms with van der Waals surface area (Å²) < 4.78 is 5.55. The predicted molar refractivity (Wildman–Crippen MR) is 128 cm³/mol. The zero-order chi connectivity index (χ0) is 24.5. The van der Waals surface area contributed by atoms with Crippen LogP contribution in [0.25, 0.3) is 11.1 Å². The molecule has 4 rings (SSSR count). The molecule has 180 valence electrons. The van der Waals surface area contributed by atoms with Crippen LogP contribution in [0.15, 0.2) is 48.5 Å². The van der Waals surface area contributed by atoms with Crippen molar-refractivity contribution in [1.29, 1.82) is 0 Å². The van der Waals surface area contributed by atoms with Crippen molar-refractivity contribution in [3.63, 3.8) is 0 Å². The Morgan fingerprint density at radius 2 is 1.62 bits per heavy atom. The lowest BCUT2D eigenvalue weighted by molar-refractivity contribution is -0.168. The first-order valence-corrected chi connectivity index (χ1v) is 11.8. The number of benzene rings is 2. The third kappa shape index (κ3) is 4.15. The fourth-order valence-electron chi connectivity index (χ4n) is 5.09. The molecule has 0 radical (unpaired) electrons. The molecule has 1 fully saturated rings. The summed E-state index contributed by atoms with van der Waals surface area (Å²) in [7, 11) is 1.57. The standard InChI is InChI=1S/C27H32N2O5/c1-26(2,23(30)29(3)27(24(31)32)13-8-14-27)15-16-28-25(33)34-17-22-20-11-6-4-9-18(20)19-10-5-7-12-21(19)22/h4-7,9-12,22H,8,13-17H2,1-3H3,(H,28,33)(H,31,32). The second-order valence-electron chi connectivity index (χ2n) is 9.94. The Labute approximate surface area is 200 Å². The minimum atomic E-state index is -1.10. The summed E-state index contributed by atoms with van der Waals surface area (Å²) in [6.45, 7) is 4.04. The van der Waals surface area contributed by atoms with Gasteiger partial charge in [-0.05, 0) is 47.9 Å². The zero-order valence-corrected chi connectivity index (χ0v) is 20.0. The Hall–Kier alpha value is -3.35. The van der Waals surface area contributed by atoms with E-state index in [0.29, 0.717) is 19.3 Å². The number of likely N-dealkylation sites (N-methyl/N-ethyl adjacent to an activating group) is 1. The highest BCUT2D eigenvalue weighted by Crippen LogP contribution is 2.44. The number of carbonyl (C=O) groups excluding carboxylic acids is 2. The first-order valence-electron chi connectivity index (χ1n) is 11.8. The van der Waals surface area contributed by atoms with Gasteiger partial charge in [0.25, 0.3) is 0 Å². The fraction of sp³-hybridized carbons (Fsp3) is 0.444. The third-order valence-electron chi connectivity index (χ3n) is 7.47. The van der Waals surface area contributed by atoms with Gasteiger partial charge in [-0.15, -0.1) is 0 Å². The first-order chi connectivity index (χ1) is 16.2. The van der Waals surface area contributed by atoms with Crippen LogP contribution in [0.1, 0.15) is 56.6 Å². The van der Waals surface area contributed by atoms with E-state index in [-0.39, 0.29) is 25.0 Å². The highest BCUT2D eigenvalue weighted by Gasteiger charge is 2.51. The van der Waals surface area contributed by atoms with Gasteiger partial charge in [-0.25, -0.2) is 9.59 Å². The summed E-state index contributed by atoms with van der Waals surface area (Å²) in [4.78, 5) is 38.6. The van der Waals surface area contributed by atoms with Crippen LogP contribution in [0.4, 0.5) is 4.79 Å². The van der Waals surface area contributed by atoms with Crippen LogP contribution in [0, 0.1) is 5.41 Å². The fourth-order valence-corrected chi connectivity index (χ4v) is 5.09. The van der Waals surface area contributed by atoms with Crippen LogP contribution in [0.5, 0.6) is 0 Å². The van der Waals surface area contributed by atoms with E-state index in [4.69, 9.17) is 4.74 Å². The summed E-state index contributed by atoms with van der Waals surface area (Å²) in [5.41, 5.74) is 2.71. The molecular formula is C27H32N2O5. The summed E-state index contributed by atoms with van der Waals surface area (Å²) >= 11 is 0. The van der Waals surface area contributed by atoms with E-state index in [0.717, 1.165) is 17.5 Å². The van der Waals surface area contributed by atoms with Crippen LogP contribution >= 0.6 is 0 Å². The molecule has 0 atom stereocenters. The largest absolute Gasteiger partial charge is 0.479 e. The average Bonchev–Trinajstić information content (AvgIpc) is 3.09. The maximum absolute atomic E-state index is 13.0. The summed E-state index contributed by atoms with van der Waals surface area (Å²) in [6.07, 6.45) is 1.58. The molecule has 0 aromatic heterocycles. The number of nitrogens with zero attached hydrogens (tertiary/aromatic N) is 1. The van der Waals surface area contributed by atoms with E-state index in [9.17, 15) is 19.5 Å². The second kappa shape index (κ2) is 9.12. The van der Waals surface area contributed by atoms with Gasteiger partial charge in [0.1, 0.15) is 12.1 Å². The number of carbonyl (C=O) groups is 3. The topological polar surface area (TPSA) is 95.9 Å². The number of ether oxygens (including phenoxy) is 1. The first kappa shape index (κ1) is 23.8. The Morgan fingerprint density at radius 3 is 2.12 bits per heavy atom. The molecule has 2 aromatic carbocycles. The molecule has 2 N–H and O–H groups in total. The number of hydrogen-bond acceptors (Lipinski definition) is 4. The van der Waals surface area contributed by atoms with Gasteiger partial charge in [-0.3, -0.25) is 4.79 Å². The van der Waals surface area contributed by atoms with E-state index in [1.807, 2.05) is 24.3 Å². The van der Waals surface area contributed by atoms with Crippen molar-refractivity contribution >= 4 is 18.0 Å². The van der Waals surface area contributed by atoms with Crippen molar-refractivity contribution in [3.8, 4) is 11.1 Å². The zero-order valence-electron chi connectivity index (χ0n) is 20.0. The lowest BCUT2D eigenvalue weighted by atomic mass is 9.74. The van der Waals surface area contributed by atoms with Gasteiger partial charge >= 0.3 is 12.1 Å². The molecule has 7 nitrogen and oxygen atoms in total. The molecule has 2 aromatic rings. The quantitative estimate of drug-likeness (QED) is 0.603. The van der Waals surface area contributed by atoms with Gasteiger partial charge in [0.15, 0.2) is 0 Å². The monoisotopic (exact) mass is 464 g/mol. The number of fused-ring (bicyclic) bond motifs is 3. The van der Waals surface area contributed by atoms with Crippen molar-refractivity contribution in [2.75, 3.05) is 20.2 Å². The highest BCUT2D eigenvalue weighted by molar-refractivity contribution is 5.90. The van der Waals surface area contributed by atoms with Gasteiger partial charge in [-0.1, -0.05) is 62.4 Å². The Bertz CT molecular complexity index is 1060. The lowest BCUT2D eigenvalue weighted by Gasteiger charge is -2.47. The van der Waals surface area contributed by atoms with Crippen LogP contribution in [-0.4, -0.2) is 53.7 Å². The number of amides is 2. The summed E-state index contributed by atoms with van der Waals surface area (Å²) in [5.74, 6) is -1.20. The Kier molecular flexibility index (Phi) is 6.39. The number of aliphatic carboxylic acids is 1. The van der Waals surface area contributed by atoms with Gasteiger partial charge < -0.3 is 20.1 Å². The molecule has 0 unspecified atom stereocenters. The van der Waals surface area contributed by atoms with E-state index in [2.05, 4.69) is 29.6 Å². The van der Waals surface area contributed by atoms with Gasteiger partial charge in [-0.2, -0.15) is 0 Å². The van der Waals surface area contributed by atoms with Crippen LogP contribution < -0.4 is 5.32 Å². The molecule has 2 aliphatic carbocycles. The minimum absolute atomic E-state index is 0.0143. The molecule has 0 aliphatic heterocycles. The molecule has 0 heterocycles. The van der Waals surface area contributed by atoms with Gasteiger partial charge in [0, 0.05) is 24.9 Å². The number of alkyl carbamates (subject to hydrolysis) is 1. The molecule has 2 aliphatic rings. The normalized spacial score (nSPS) is 16.1. The number of nitrogens with one attached hydrogen (secondary N) is 1. The third-order valence-corrected chi connectivity index (χ3v) is 7.47. The Morgan fingerprint density at radius 1 is 1.06 bits per heavy atom. The molecule has 34 heavy (non-hydrogen) atoms. The van der Waals surface area contributed by atoms with E-state index in [1.54, 1.807) is 20.9 Å². The van der Waals surface area contributed by atoms with Gasteiger partial charge in [0.2, 0.25) is 5.91 Å². The van der Waals surface area contributed by atoms with Crippen LogP contribution in [0.3, 0.4) is 0 Å². The molecule has 0 spiro atoms. The maximum Gasteiger partial charge on any atom is 0.407 e. The van der Waals surface area contributed by atoms with Crippen molar-refractivity contribution < 1.29 is 24.2 Å². The van der Waals surface area contributed by atoms with E-state index < -0.39 is 23.0 Å². The summed E-state index contributed by atoms with van der Waals surface area (Å²) in [6, 6.07) is 16.3. The lowest BCUT2D eigenvalue weighted by Crippen LogP contribution is -2.62. The van der Waals surface area contributed by atoms with E-state index in [1.165, 1.54) is 16.0 Å². The SMILES string of the molecule is CN(C(=O)C(C)(C)CCNC(=O)OCC1c2ccccc2-c2ccccc21)C1(C(=O)O)CCC1. The van der Waals surface area contributed by atoms with E-state index >= 15 is 0 Å². The van der Waals surface area contributed by atoms with Crippen LogP contribution in [0.2, 0.25) is 0 Å². The van der Waals surface area contributed by atoms with Crippen molar-refractivity contribution in [3.05, 3.63) is 59.7 Å². The number of carboxylic acid groups (broad SMARTS) is 1. The Balaban J connectivity index is 1.30. The molecule has 0 bridgehead atoms. The van der Waals surface area contributed by atoms with Crippen molar-refractivity contribution in [2.24, 2.45) is 5.41 Å². The predicted octanol–water partition coefficient (Wildman–Crippen LogP) is 4.41. The van der Waals surface area contributed by atoms with Crippen molar-refractivity contribution in [1.82, 2.24) is 10.2 Å².